The van der Waals surface area contributed by atoms with Crippen molar-refractivity contribution in [3.8, 4) is 0 Å². The van der Waals surface area contributed by atoms with Crippen molar-refractivity contribution in [3.05, 3.63) is 16.6 Å². The van der Waals surface area contributed by atoms with Crippen LogP contribution < -0.4 is 5.32 Å². The van der Waals surface area contributed by atoms with Crippen LogP contribution in [0.2, 0.25) is 0 Å². The molecule has 4 heteroatoms. The zero-order chi connectivity index (χ0) is 10.7. The van der Waals surface area contributed by atoms with E-state index < -0.39 is 0 Å². The van der Waals surface area contributed by atoms with E-state index in [-0.39, 0.29) is 18.2 Å². The molecule has 2 rings (SSSR count). The number of aromatic nitrogens is 1. The van der Waals surface area contributed by atoms with Gasteiger partial charge in [0.25, 0.3) is 0 Å². The van der Waals surface area contributed by atoms with Crippen molar-refractivity contribution in [2.45, 2.75) is 50.8 Å². The van der Waals surface area contributed by atoms with Gasteiger partial charge in [0.1, 0.15) is 5.01 Å². The maximum atomic E-state index is 9.84. The number of hydrogen-bond acceptors (Lipinski definition) is 4. The summed E-state index contributed by atoms with van der Waals surface area (Å²) >= 11 is 1.67. The van der Waals surface area contributed by atoms with Crippen molar-refractivity contribution in [3.63, 3.8) is 0 Å². The Labute approximate surface area is 94.5 Å². The molecule has 15 heavy (non-hydrogen) atoms. The second kappa shape index (κ2) is 5.05. The van der Waals surface area contributed by atoms with Gasteiger partial charge in [-0.2, -0.15) is 0 Å². The minimum absolute atomic E-state index is 0.179. The summed E-state index contributed by atoms with van der Waals surface area (Å²) in [6.45, 7) is 2.11. The number of rotatable bonds is 3. The maximum absolute atomic E-state index is 9.84. The maximum Gasteiger partial charge on any atom is 0.109 e. The van der Waals surface area contributed by atoms with Crippen LogP contribution in [0.4, 0.5) is 0 Å². The van der Waals surface area contributed by atoms with Gasteiger partial charge in [-0.15, -0.1) is 11.3 Å². The molecule has 3 atom stereocenters. The molecule has 1 saturated carbocycles. The summed E-state index contributed by atoms with van der Waals surface area (Å²) in [7, 11) is 0. The summed E-state index contributed by atoms with van der Waals surface area (Å²) in [5, 5.41) is 16.4. The van der Waals surface area contributed by atoms with Crippen LogP contribution >= 0.6 is 11.3 Å². The van der Waals surface area contributed by atoms with Gasteiger partial charge in [-0.3, -0.25) is 0 Å². The Morgan fingerprint density at radius 1 is 1.53 bits per heavy atom. The van der Waals surface area contributed by atoms with E-state index in [1.54, 1.807) is 11.3 Å². The van der Waals surface area contributed by atoms with E-state index in [1.165, 1.54) is 6.42 Å². The molecule has 0 aliphatic heterocycles. The highest BCUT2D eigenvalue weighted by Gasteiger charge is 2.24. The van der Waals surface area contributed by atoms with E-state index in [4.69, 9.17) is 0 Å². The first-order valence-corrected chi connectivity index (χ1v) is 6.49. The predicted octanol–water partition coefficient (Wildman–Crippen LogP) is 2.10. The van der Waals surface area contributed by atoms with Gasteiger partial charge in [0.15, 0.2) is 0 Å². The normalized spacial score (nSPS) is 28.9. The van der Waals surface area contributed by atoms with Gasteiger partial charge in [0.2, 0.25) is 0 Å². The van der Waals surface area contributed by atoms with Crippen LogP contribution in [-0.2, 0) is 0 Å². The molecule has 84 valence electrons. The summed E-state index contributed by atoms with van der Waals surface area (Å²) in [4.78, 5) is 4.28. The van der Waals surface area contributed by atoms with Crippen molar-refractivity contribution >= 4 is 11.3 Å². The fourth-order valence-corrected chi connectivity index (χ4v) is 2.80. The number of thiazole rings is 1. The molecule has 0 radical (unpaired) electrons. The largest absolute Gasteiger partial charge is 0.392 e. The van der Waals surface area contributed by atoms with Gasteiger partial charge in [-0.25, -0.2) is 4.98 Å². The summed E-state index contributed by atoms with van der Waals surface area (Å²) in [5.41, 5.74) is 0. The molecule has 1 aliphatic carbocycles. The highest BCUT2D eigenvalue weighted by atomic mass is 32.1. The number of aliphatic hydroxyl groups is 1. The first-order valence-electron chi connectivity index (χ1n) is 5.61. The third kappa shape index (κ3) is 2.77. The minimum Gasteiger partial charge on any atom is -0.392 e. The lowest BCUT2D eigenvalue weighted by Gasteiger charge is -2.30. The standard InChI is InChI=1S/C11H18N2OS/c1-8(11-12-6-7-15-11)13-9-4-2-3-5-10(9)14/h6-10,13-14H,2-5H2,1H3/t8-,9+,10+/m1/s1. The van der Waals surface area contributed by atoms with E-state index in [0.29, 0.717) is 0 Å². The SMILES string of the molecule is C[C@@H](N[C@H]1CCCC[C@@H]1O)c1nccs1. The third-order valence-corrected chi connectivity index (χ3v) is 3.97. The van der Waals surface area contributed by atoms with E-state index >= 15 is 0 Å². The van der Waals surface area contributed by atoms with Crippen LogP contribution in [0.1, 0.15) is 43.7 Å². The number of hydrogen-bond donors (Lipinski definition) is 2. The molecule has 1 heterocycles. The topological polar surface area (TPSA) is 45.1 Å². The molecule has 0 spiro atoms. The summed E-state index contributed by atoms with van der Waals surface area (Å²) in [6, 6.07) is 0.500. The fourth-order valence-electron chi connectivity index (χ4n) is 2.15. The monoisotopic (exact) mass is 226 g/mol. The first kappa shape index (κ1) is 11.0. The number of aliphatic hydroxyl groups excluding tert-OH is 1. The van der Waals surface area contributed by atoms with E-state index in [9.17, 15) is 5.11 Å². The Morgan fingerprint density at radius 3 is 3.00 bits per heavy atom. The third-order valence-electron chi connectivity index (χ3n) is 3.02. The summed E-state index contributed by atoms with van der Waals surface area (Å²) in [5.74, 6) is 0. The van der Waals surface area contributed by atoms with Crippen molar-refractivity contribution in [1.82, 2.24) is 10.3 Å². The molecule has 0 bridgehead atoms. The van der Waals surface area contributed by atoms with Crippen molar-refractivity contribution in [2.75, 3.05) is 0 Å². The predicted molar refractivity (Wildman–Crippen MR) is 61.9 cm³/mol. The Bertz CT molecular complexity index is 289. The van der Waals surface area contributed by atoms with Crippen LogP contribution in [0.15, 0.2) is 11.6 Å². The zero-order valence-electron chi connectivity index (χ0n) is 9.02. The Morgan fingerprint density at radius 2 is 2.33 bits per heavy atom. The second-order valence-corrected chi connectivity index (χ2v) is 5.14. The molecule has 0 unspecified atom stereocenters. The quantitative estimate of drug-likeness (QED) is 0.829. The Hall–Kier alpha value is -0.450. The fraction of sp³-hybridized carbons (Fsp3) is 0.727. The van der Waals surface area contributed by atoms with Crippen LogP contribution in [0.25, 0.3) is 0 Å². The van der Waals surface area contributed by atoms with Crippen molar-refractivity contribution < 1.29 is 5.11 Å². The smallest absolute Gasteiger partial charge is 0.109 e. The van der Waals surface area contributed by atoms with Crippen LogP contribution in [0.5, 0.6) is 0 Å². The summed E-state index contributed by atoms with van der Waals surface area (Å²) in [6.07, 6.45) is 6.04. The lowest BCUT2D eigenvalue weighted by molar-refractivity contribution is 0.0859. The number of nitrogens with zero attached hydrogens (tertiary/aromatic N) is 1. The van der Waals surface area contributed by atoms with Crippen LogP contribution in [-0.4, -0.2) is 22.2 Å². The van der Waals surface area contributed by atoms with E-state index in [2.05, 4.69) is 17.2 Å². The molecule has 0 aromatic carbocycles. The molecule has 2 N–H and O–H groups in total. The van der Waals surface area contributed by atoms with Gasteiger partial charge in [0, 0.05) is 17.6 Å². The zero-order valence-corrected chi connectivity index (χ0v) is 9.83. The van der Waals surface area contributed by atoms with Gasteiger partial charge in [-0.05, 0) is 19.8 Å². The minimum atomic E-state index is -0.179. The average molecular weight is 226 g/mol. The molecule has 1 fully saturated rings. The molecule has 3 nitrogen and oxygen atoms in total. The highest BCUT2D eigenvalue weighted by Crippen LogP contribution is 2.22. The van der Waals surface area contributed by atoms with Crippen molar-refractivity contribution in [1.29, 1.82) is 0 Å². The molecular formula is C11H18N2OS. The van der Waals surface area contributed by atoms with E-state index in [1.807, 2.05) is 11.6 Å². The van der Waals surface area contributed by atoms with Crippen LogP contribution in [0.3, 0.4) is 0 Å². The van der Waals surface area contributed by atoms with Gasteiger partial charge in [-0.1, -0.05) is 12.8 Å². The molecule has 1 aromatic rings. The van der Waals surface area contributed by atoms with Crippen molar-refractivity contribution in [2.24, 2.45) is 0 Å². The lowest BCUT2D eigenvalue weighted by atomic mass is 9.92. The van der Waals surface area contributed by atoms with Gasteiger partial charge in [0.05, 0.1) is 12.1 Å². The lowest BCUT2D eigenvalue weighted by Crippen LogP contribution is -2.43. The molecule has 1 aliphatic rings. The van der Waals surface area contributed by atoms with Gasteiger partial charge >= 0.3 is 0 Å². The Kier molecular flexibility index (Phi) is 3.72. The average Bonchev–Trinajstić information content (AvgIpc) is 2.74. The summed E-state index contributed by atoms with van der Waals surface area (Å²) < 4.78 is 0. The number of nitrogens with one attached hydrogen (secondary N) is 1. The molecule has 1 aromatic heterocycles. The Balaban J connectivity index is 1.90. The molecular weight excluding hydrogens is 208 g/mol. The first-order chi connectivity index (χ1) is 7.27. The molecule has 0 amide bonds. The highest BCUT2D eigenvalue weighted by molar-refractivity contribution is 7.09. The van der Waals surface area contributed by atoms with E-state index in [0.717, 1.165) is 24.3 Å². The molecule has 0 saturated heterocycles. The van der Waals surface area contributed by atoms with Gasteiger partial charge < -0.3 is 10.4 Å². The second-order valence-electron chi connectivity index (χ2n) is 4.22. The van der Waals surface area contributed by atoms with Crippen LogP contribution in [0, 0.1) is 0 Å².